The van der Waals surface area contributed by atoms with Gasteiger partial charge in [0.15, 0.2) is 0 Å². The van der Waals surface area contributed by atoms with E-state index in [1.54, 1.807) is 19.1 Å². The van der Waals surface area contributed by atoms with Gasteiger partial charge in [0.25, 0.3) is 5.91 Å². The third kappa shape index (κ3) is 3.06. The van der Waals surface area contributed by atoms with E-state index in [1.807, 2.05) is 24.3 Å². The van der Waals surface area contributed by atoms with Crippen molar-refractivity contribution in [3.63, 3.8) is 0 Å². The van der Waals surface area contributed by atoms with Crippen LogP contribution in [-0.2, 0) is 9.53 Å². The van der Waals surface area contributed by atoms with Crippen molar-refractivity contribution >= 4 is 28.3 Å². The number of hydrogen-bond acceptors (Lipinski definition) is 4. The van der Waals surface area contributed by atoms with Crippen LogP contribution >= 0.6 is 0 Å². The molecule has 0 fully saturated rings. The second-order valence-electron chi connectivity index (χ2n) is 4.27. The smallest absolute Gasteiger partial charge is 0.325 e. The molecule has 2 rings (SSSR count). The van der Waals surface area contributed by atoms with Crippen LogP contribution < -0.4 is 11.1 Å². The zero-order valence-corrected chi connectivity index (χ0v) is 11.2. The number of anilines is 1. The summed E-state index contributed by atoms with van der Waals surface area (Å²) >= 11 is 0. The molecule has 0 bridgehead atoms. The number of carbonyl (C=O) groups excluding carboxylic acids is 2. The summed E-state index contributed by atoms with van der Waals surface area (Å²) < 4.78 is 4.74. The third-order valence-electron chi connectivity index (χ3n) is 2.86. The standard InChI is InChI=1S/C15H16N2O3/c1-2-20-14(18)9-17-15(19)12-7-10-5-3-4-6-11(10)8-13(12)16/h3-8H,2,9,16H2,1H3,(H,17,19). The Labute approximate surface area is 116 Å². The summed E-state index contributed by atoms with van der Waals surface area (Å²) in [6.45, 7) is 1.83. The molecule has 0 aromatic heterocycles. The zero-order valence-electron chi connectivity index (χ0n) is 11.2. The number of nitrogens with one attached hydrogen (secondary N) is 1. The molecule has 5 nitrogen and oxygen atoms in total. The average molecular weight is 272 g/mol. The van der Waals surface area contributed by atoms with Gasteiger partial charge in [0.1, 0.15) is 6.54 Å². The van der Waals surface area contributed by atoms with Crippen molar-refractivity contribution in [2.45, 2.75) is 6.92 Å². The van der Waals surface area contributed by atoms with E-state index in [-0.39, 0.29) is 19.1 Å². The maximum absolute atomic E-state index is 12.0. The van der Waals surface area contributed by atoms with E-state index in [9.17, 15) is 9.59 Å². The molecule has 5 heteroatoms. The van der Waals surface area contributed by atoms with Crippen molar-refractivity contribution in [2.24, 2.45) is 0 Å². The number of esters is 1. The van der Waals surface area contributed by atoms with E-state index in [0.717, 1.165) is 10.8 Å². The summed E-state index contributed by atoms with van der Waals surface area (Å²) in [5, 5.41) is 4.38. The summed E-state index contributed by atoms with van der Waals surface area (Å²) in [7, 11) is 0. The van der Waals surface area contributed by atoms with Gasteiger partial charge >= 0.3 is 5.97 Å². The molecule has 104 valence electrons. The largest absolute Gasteiger partial charge is 0.465 e. The van der Waals surface area contributed by atoms with Gasteiger partial charge in [-0.05, 0) is 29.8 Å². The first-order valence-electron chi connectivity index (χ1n) is 6.34. The molecule has 0 spiro atoms. The highest BCUT2D eigenvalue weighted by molar-refractivity contribution is 6.04. The molecule has 0 saturated carbocycles. The van der Waals surface area contributed by atoms with Crippen LogP contribution in [0.15, 0.2) is 36.4 Å². The summed E-state index contributed by atoms with van der Waals surface area (Å²) in [5.41, 5.74) is 6.61. The van der Waals surface area contributed by atoms with Crippen molar-refractivity contribution in [1.82, 2.24) is 5.32 Å². The molecule has 20 heavy (non-hydrogen) atoms. The summed E-state index contributed by atoms with van der Waals surface area (Å²) in [6.07, 6.45) is 0. The minimum absolute atomic E-state index is 0.168. The van der Waals surface area contributed by atoms with E-state index >= 15 is 0 Å². The number of fused-ring (bicyclic) bond motifs is 1. The number of nitrogens with two attached hydrogens (primary N) is 1. The van der Waals surface area contributed by atoms with Crippen molar-refractivity contribution < 1.29 is 14.3 Å². The van der Waals surface area contributed by atoms with E-state index in [1.165, 1.54) is 0 Å². The lowest BCUT2D eigenvalue weighted by Gasteiger charge is -2.09. The Morgan fingerprint density at radius 1 is 1.20 bits per heavy atom. The van der Waals surface area contributed by atoms with E-state index in [0.29, 0.717) is 11.3 Å². The minimum Gasteiger partial charge on any atom is -0.465 e. The van der Waals surface area contributed by atoms with Gasteiger partial charge < -0.3 is 15.8 Å². The second kappa shape index (κ2) is 6.06. The highest BCUT2D eigenvalue weighted by atomic mass is 16.5. The van der Waals surface area contributed by atoms with Gasteiger partial charge in [0.2, 0.25) is 0 Å². The number of amides is 1. The Kier molecular flexibility index (Phi) is 4.20. The molecule has 0 unspecified atom stereocenters. The predicted octanol–water partition coefficient (Wildman–Crippen LogP) is 1.71. The SMILES string of the molecule is CCOC(=O)CNC(=O)c1cc2ccccc2cc1N. The molecule has 0 aliphatic rings. The van der Waals surface area contributed by atoms with Crippen LogP contribution in [0, 0.1) is 0 Å². The molecule has 0 aliphatic heterocycles. The van der Waals surface area contributed by atoms with Crippen LogP contribution in [0.25, 0.3) is 10.8 Å². The summed E-state index contributed by atoms with van der Waals surface area (Å²) in [5.74, 6) is -0.860. The van der Waals surface area contributed by atoms with Gasteiger partial charge in [0, 0.05) is 5.69 Å². The molecule has 0 heterocycles. The van der Waals surface area contributed by atoms with Crippen molar-refractivity contribution in [3.05, 3.63) is 42.0 Å². The highest BCUT2D eigenvalue weighted by Crippen LogP contribution is 2.21. The van der Waals surface area contributed by atoms with Crippen molar-refractivity contribution in [3.8, 4) is 0 Å². The predicted molar refractivity (Wildman–Crippen MR) is 77.3 cm³/mol. The van der Waals surface area contributed by atoms with Gasteiger partial charge in [-0.25, -0.2) is 0 Å². The molecule has 2 aromatic carbocycles. The first-order valence-corrected chi connectivity index (χ1v) is 6.34. The lowest BCUT2D eigenvalue weighted by Crippen LogP contribution is -2.31. The van der Waals surface area contributed by atoms with Gasteiger partial charge in [0.05, 0.1) is 12.2 Å². The van der Waals surface area contributed by atoms with Crippen LogP contribution in [0.5, 0.6) is 0 Å². The summed E-state index contributed by atoms with van der Waals surface area (Å²) in [4.78, 5) is 23.2. The van der Waals surface area contributed by atoms with E-state index in [4.69, 9.17) is 10.5 Å². The average Bonchev–Trinajstić information content (AvgIpc) is 2.44. The monoisotopic (exact) mass is 272 g/mol. The zero-order chi connectivity index (χ0) is 14.5. The fraction of sp³-hybridized carbons (Fsp3) is 0.200. The normalized spacial score (nSPS) is 10.2. The second-order valence-corrected chi connectivity index (χ2v) is 4.27. The number of hydrogen-bond donors (Lipinski definition) is 2. The van der Waals surface area contributed by atoms with E-state index in [2.05, 4.69) is 5.32 Å². The minimum atomic E-state index is -0.472. The Morgan fingerprint density at radius 3 is 2.50 bits per heavy atom. The first-order chi connectivity index (χ1) is 9.61. The van der Waals surface area contributed by atoms with Gasteiger partial charge in [-0.3, -0.25) is 9.59 Å². The molecule has 0 aliphatic carbocycles. The maximum atomic E-state index is 12.0. The third-order valence-corrected chi connectivity index (χ3v) is 2.86. The Hall–Kier alpha value is -2.56. The lowest BCUT2D eigenvalue weighted by molar-refractivity contribution is -0.141. The number of nitrogen functional groups attached to an aromatic ring is 1. The van der Waals surface area contributed by atoms with Crippen molar-refractivity contribution in [1.29, 1.82) is 0 Å². The van der Waals surface area contributed by atoms with Crippen LogP contribution in [0.2, 0.25) is 0 Å². The number of ether oxygens (including phenoxy) is 1. The molecule has 3 N–H and O–H groups in total. The molecule has 0 saturated heterocycles. The first kappa shape index (κ1) is 13.9. The van der Waals surface area contributed by atoms with Gasteiger partial charge in [-0.1, -0.05) is 24.3 Å². The van der Waals surface area contributed by atoms with E-state index < -0.39 is 5.97 Å². The van der Waals surface area contributed by atoms with Gasteiger partial charge in [-0.2, -0.15) is 0 Å². The quantitative estimate of drug-likeness (QED) is 0.656. The van der Waals surface area contributed by atoms with Crippen LogP contribution in [0.3, 0.4) is 0 Å². The number of benzene rings is 2. The van der Waals surface area contributed by atoms with Gasteiger partial charge in [-0.15, -0.1) is 0 Å². The molecule has 0 radical (unpaired) electrons. The van der Waals surface area contributed by atoms with Crippen LogP contribution in [0.1, 0.15) is 17.3 Å². The van der Waals surface area contributed by atoms with Crippen LogP contribution in [-0.4, -0.2) is 25.0 Å². The molecular weight excluding hydrogens is 256 g/mol. The maximum Gasteiger partial charge on any atom is 0.325 e. The Balaban J connectivity index is 2.17. The fourth-order valence-corrected chi connectivity index (χ4v) is 1.91. The Bertz CT molecular complexity index is 653. The van der Waals surface area contributed by atoms with Crippen LogP contribution in [0.4, 0.5) is 5.69 Å². The number of rotatable bonds is 4. The fourth-order valence-electron chi connectivity index (χ4n) is 1.91. The van der Waals surface area contributed by atoms with Crippen molar-refractivity contribution in [2.75, 3.05) is 18.9 Å². The highest BCUT2D eigenvalue weighted by Gasteiger charge is 2.12. The molecule has 1 amide bonds. The topological polar surface area (TPSA) is 81.4 Å². The lowest BCUT2D eigenvalue weighted by atomic mass is 10.0. The molecular formula is C15H16N2O3. The molecule has 0 atom stereocenters. The molecule has 2 aromatic rings. The Morgan fingerprint density at radius 2 is 1.85 bits per heavy atom. The summed E-state index contributed by atoms with van der Waals surface area (Å²) in [6, 6.07) is 11.1. The number of carbonyl (C=O) groups is 2.